The fraction of sp³-hybridized carbons (Fsp3) is 0.0500. The van der Waals surface area contributed by atoms with Gasteiger partial charge >= 0.3 is 0 Å². The number of benzene rings is 9. The highest BCUT2D eigenvalue weighted by atomic mass is 16.3. The van der Waals surface area contributed by atoms with Gasteiger partial charge in [0, 0.05) is 65.8 Å². The lowest BCUT2D eigenvalue weighted by atomic mass is 9.81. The molecule has 0 fully saturated rings. The summed E-state index contributed by atoms with van der Waals surface area (Å²) >= 11 is 0. The van der Waals surface area contributed by atoms with Crippen molar-refractivity contribution in [3.05, 3.63) is 211 Å². The fourth-order valence-corrected chi connectivity index (χ4v) is 10.9. The summed E-state index contributed by atoms with van der Waals surface area (Å²) in [5.41, 5.74) is 16.3. The van der Waals surface area contributed by atoms with E-state index in [0.29, 0.717) is 17.5 Å². The topological polar surface area (TPSA) is 61.7 Å². The second-order valence-electron chi connectivity index (χ2n) is 18.0. The lowest BCUT2D eigenvalue weighted by molar-refractivity contribution is 0.662. The molecule has 1 aliphatic rings. The largest absolute Gasteiger partial charge is 0.456 e. The molecular formula is C60H39N5O. The first-order valence-corrected chi connectivity index (χ1v) is 22.5. The van der Waals surface area contributed by atoms with E-state index in [2.05, 4.69) is 150 Å². The third kappa shape index (κ3) is 5.27. The first-order chi connectivity index (χ1) is 32.5. The zero-order chi connectivity index (χ0) is 43.7. The first kappa shape index (κ1) is 36.8. The van der Waals surface area contributed by atoms with Gasteiger partial charge in [0.25, 0.3) is 0 Å². The van der Waals surface area contributed by atoms with Gasteiger partial charge in [0.2, 0.25) is 0 Å². The molecular weight excluding hydrogens is 807 g/mol. The molecule has 66 heavy (non-hydrogen) atoms. The Morgan fingerprint density at radius 1 is 0.364 bits per heavy atom. The smallest absolute Gasteiger partial charge is 0.164 e. The van der Waals surface area contributed by atoms with Crippen molar-refractivity contribution in [3.63, 3.8) is 0 Å². The van der Waals surface area contributed by atoms with E-state index < -0.39 is 0 Å². The molecule has 310 valence electrons. The maximum absolute atomic E-state index is 6.63. The number of rotatable bonds is 5. The van der Waals surface area contributed by atoms with E-state index >= 15 is 0 Å². The van der Waals surface area contributed by atoms with Gasteiger partial charge in [-0.3, -0.25) is 0 Å². The Hall–Kier alpha value is -8.61. The minimum atomic E-state index is -0.215. The molecule has 0 bridgehead atoms. The van der Waals surface area contributed by atoms with Crippen LogP contribution in [-0.2, 0) is 5.41 Å². The molecule has 1 aliphatic carbocycles. The van der Waals surface area contributed by atoms with E-state index in [9.17, 15) is 0 Å². The molecule has 6 nitrogen and oxygen atoms in total. The maximum Gasteiger partial charge on any atom is 0.164 e. The monoisotopic (exact) mass is 845 g/mol. The molecule has 0 spiro atoms. The number of nitrogens with zero attached hydrogens (tertiary/aromatic N) is 5. The van der Waals surface area contributed by atoms with Crippen LogP contribution in [0.5, 0.6) is 0 Å². The van der Waals surface area contributed by atoms with Crippen LogP contribution in [0.25, 0.3) is 122 Å². The predicted molar refractivity (Wildman–Crippen MR) is 270 cm³/mol. The third-order valence-electron chi connectivity index (χ3n) is 14.0. The average molecular weight is 846 g/mol. The molecule has 0 radical (unpaired) electrons. The summed E-state index contributed by atoms with van der Waals surface area (Å²) in [6.45, 7) is 4.77. The Kier molecular flexibility index (Phi) is 7.64. The normalized spacial score (nSPS) is 13.1. The van der Waals surface area contributed by atoms with Gasteiger partial charge in [-0.15, -0.1) is 0 Å². The Balaban J connectivity index is 0.995. The number of hydrogen-bond donors (Lipinski definition) is 0. The SMILES string of the molecule is CC1(C)c2cc3c4ccccc4n(-c4ccccc4)c3cc2-c2cc3c(cc21)c1ccccc1n3-c1ccc2oc3cccc(-c4nc(-c5ccccc5)nc(-c5ccccc5)n4)c3c2c1. The summed E-state index contributed by atoms with van der Waals surface area (Å²) in [6, 6.07) is 71.1. The van der Waals surface area contributed by atoms with Gasteiger partial charge in [0.05, 0.1) is 22.1 Å². The number of furan rings is 1. The van der Waals surface area contributed by atoms with E-state index in [1.807, 2.05) is 72.8 Å². The van der Waals surface area contributed by atoms with Crippen LogP contribution in [0.15, 0.2) is 205 Å². The van der Waals surface area contributed by atoms with Gasteiger partial charge in [-0.2, -0.15) is 0 Å². The van der Waals surface area contributed by atoms with Crippen LogP contribution in [0, 0.1) is 0 Å². The van der Waals surface area contributed by atoms with Crippen LogP contribution in [0.3, 0.4) is 0 Å². The molecule has 0 atom stereocenters. The van der Waals surface area contributed by atoms with Crippen LogP contribution < -0.4 is 0 Å². The number of hydrogen-bond acceptors (Lipinski definition) is 4. The third-order valence-corrected chi connectivity index (χ3v) is 14.0. The molecule has 6 heteroatoms. The van der Waals surface area contributed by atoms with Crippen molar-refractivity contribution in [2.45, 2.75) is 19.3 Å². The minimum absolute atomic E-state index is 0.215. The van der Waals surface area contributed by atoms with Gasteiger partial charge in [-0.1, -0.05) is 141 Å². The maximum atomic E-state index is 6.63. The first-order valence-electron chi connectivity index (χ1n) is 22.5. The van der Waals surface area contributed by atoms with Crippen LogP contribution >= 0.6 is 0 Å². The van der Waals surface area contributed by atoms with Gasteiger partial charge in [0.1, 0.15) is 11.2 Å². The lowest BCUT2D eigenvalue weighted by Gasteiger charge is -2.22. The summed E-state index contributed by atoms with van der Waals surface area (Å²) in [7, 11) is 0. The minimum Gasteiger partial charge on any atom is -0.456 e. The highest BCUT2D eigenvalue weighted by Gasteiger charge is 2.37. The highest BCUT2D eigenvalue weighted by molar-refractivity contribution is 6.16. The van der Waals surface area contributed by atoms with Gasteiger partial charge in [-0.05, 0) is 95.1 Å². The fourth-order valence-electron chi connectivity index (χ4n) is 10.9. The van der Waals surface area contributed by atoms with E-state index in [1.54, 1.807) is 0 Å². The van der Waals surface area contributed by atoms with Crippen molar-refractivity contribution in [2.24, 2.45) is 0 Å². The van der Waals surface area contributed by atoms with Crippen molar-refractivity contribution in [3.8, 4) is 56.7 Å². The van der Waals surface area contributed by atoms with Crippen molar-refractivity contribution in [1.82, 2.24) is 24.1 Å². The summed E-state index contributed by atoms with van der Waals surface area (Å²) in [5, 5.41) is 6.96. The molecule has 0 aliphatic heterocycles. The number of fused-ring (bicyclic) bond motifs is 12. The molecule has 0 unspecified atom stereocenters. The second-order valence-corrected chi connectivity index (χ2v) is 18.0. The van der Waals surface area contributed by atoms with Gasteiger partial charge < -0.3 is 13.6 Å². The second kappa shape index (κ2) is 13.7. The van der Waals surface area contributed by atoms with Crippen molar-refractivity contribution in [2.75, 3.05) is 0 Å². The molecule has 0 N–H and O–H groups in total. The quantitative estimate of drug-likeness (QED) is 0.173. The molecule has 0 amide bonds. The van der Waals surface area contributed by atoms with E-state index in [-0.39, 0.29) is 5.41 Å². The van der Waals surface area contributed by atoms with Crippen molar-refractivity contribution < 1.29 is 4.42 Å². The standard InChI is InChI=1S/C60H39N5O/c1-60(2)48-32-45-40-23-12-14-26-50(40)64(38-21-10-5-11-22-38)52(45)34-43(48)44-35-53-46(33-49(44)60)41-24-13-15-27-51(41)65(53)39-29-30-54-47(31-39)56-42(25-16-28-55(56)66-54)59-62-57(36-17-6-3-7-18-36)61-58(63-59)37-19-8-4-9-20-37/h3-35H,1-2H3. The van der Waals surface area contributed by atoms with Crippen LogP contribution in [0.4, 0.5) is 0 Å². The molecule has 13 aromatic rings. The molecule has 0 saturated carbocycles. The molecule has 4 aromatic heterocycles. The summed E-state index contributed by atoms with van der Waals surface area (Å²) in [5.74, 6) is 1.83. The van der Waals surface area contributed by atoms with E-state index in [0.717, 1.165) is 61.0 Å². The molecule has 14 rings (SSSR count). The summed E-state index contributed by atoms with van der Waals surface area (Å²) < 4.78 is 11.5. The Bertz CT molecular complexity index is 4070. The summed E-state index contributed by atoms with van der Waals surface area (Å²) in [6.07, 6.45) is 0. The molecule has 4 heterocycles. The van der Waals surface area contributed by atoms with E-state index in [1.165, 1.54) is 54.8 Å². The lowest BCUT2D eigenvalue weighted by Crippen LogP contribution is -2.14. The van der Waals surface area contributed by atoms with E-state index in [4.69, 9.17) is 19.4 Å². The predicted octanol–water partition coefficient (Wildman–Crippen LogP) is 15.3. The van der Waals surface area contributed by atoms with Crippen LogP contribution in [-0.4, -0.2) is 24.1 Å². The van der Waals surface area contributed by atoms with Crippen molar-refractivity contribution >= 4 is 65.6 Å². The van der Waals surface area contributed by atoms with Crippen molar-refractivity contribution in [1.29, 1.82) is 0 Å². The van der Waals surface area contributed by atoms with Gasteiger partial charge in [0.15, 0.2) is 17.5 Å². The Labute approximate surface area is 379 Å². The highest BCUT2D eigenvalue weighted by Crippen LogP contribution is 2.53. The zero-order valence-corrected chi connectivity index (χ0v) is 36.2. The van der Waals surface area contributed by atoms with Gasteiger partial charge in [-0.25, -0.2) is 15.0 Å². The van der Waals surface area contributed by atoms with Crippen LogP contribution in [0.1, 0.15) is 25.0 Å². The van der Waals surface area contributed by atoms with Crippen LogP contribution in [0.2, 0.25) is 0 Å². The number of aromatic nitrogens is 5. The Morgan fingerprint density at radius 2 is 0.879 bits per heavy atom. The Morgan fingerprint density at radius 3 is 1.47 bits per heavy atom. The zero-order valence-electron chi connectivity index (χ0n) is 36.2. The summed E-state index contributed by atoms with van der Waals surface area (Å²) in [4.78, 5) is 15.2. The molecule has 0 saturated heterocycles. The average Bonchev–Trinajstić information content (AvgIpc) is 4.08. The molecule has 9 aromatic carbocycles. The number of para-hydroxylation sites is 3.